The van der Waals surface area contributed by atoms with E-state index in [-0.39, 0.29) is 42.3 Å². The second-order valence-electron chi connectivity index (χ2n) is 15.3. The van der Waals surface area contributed by atoms with E-state index in [4.69, 9.17) is 14.2 Å². The molecular weight excluding hydrogens is 713 g/mol. The van der Waals surface area contributed by atoms with Crippen LogP contribution in [0.5, 0.6) is 0 Å². The average molecular weight is 753 g/mol. The summed E-state index contributed by atoms with van der Waals surface area (Å²) in [6.45, 7) is 4.62. The number of amides is 3. The molecule has 284 valence electrons. The van der Waals surface area contributed by atoms with Gasteiger partial charge in [0.1, 0.15) is 11.2 Å². The average Bonchev–Trinajstić information content (AvgIpc) is 3.56. The van der Waals surface area contributed by atoms with Gasteiger partial charge in [0.05, 0.1) is 17.9 Å². The summed E-state index contributed by atoms with van der Waals surface area (Å²) in [5, 5.41) is 5.05. The van der Waals surface area contributed by atoms with E-state index in [2.05, 4.69) is 35.3 Å². The highest BCUT2D eigenvalue weighted by molar-refractivity contribution is 6.05. The highest BCUT2D eigenvalue weighted by atomic mass is 16.5. The largest absolute Gasteiger partial charge is 0.438 e. The molecule has 14 heteroatoms. The van der Waals surface area contributed by atoms with Crippen molar-refractivity contribution in [1.29, 1.82) is 0 Å². The SMILES string of the molecule is C[C@H]1C[C@@]1(c1noc(=O)[nH]1)n1c(C(=O)N2CCc3c(nc(N4CCN(c5ccccc5)C4=O)n(-c4ccccc4)c3=O)C2)cc2cc(C3CCOCC3)ccc21. The maximum absolute atomic E-state index is 15.0. The molecule has 6 heterocycles. The van der Waals surface area contributed by atoms with E-state index in [1.165, 1.54) is 10.1 Å². The maximum Gasteiger partial charge on any atom is 0.438 e. The predicted octanol–water partition coefficient (Wildman–Crippen LogP) is 5.19. The number of aromatic nitrogens is 5. The predicted molar refractivity (Wildman–Crippen MR) is 208 cm³/mol. The molecule has 6 aromatic rings. The molecule has 0 spiro atoms. The molecule has 3 amide bonds. The van der Waals surface area contributed by atoms with E-state index >= 15 is 0 Å². The van der Waals surface area contributed by atoms with Crippen LogP contribution in [-0.4, -0.2) is 73.9 Å². The molecule has 0 bridgehead atoms. The van der Waals surface area contributed by atoms with E-state index < -0.39 is 11.3 Å². The van der Waals surface area contributed by atoms with Crippen LogP contribution in [-0.2, 0) is 23.2 Å². The van der Waals surface area contributed by atoms with Gasteiger partial charge in [-0.05, 0) is 85.5 Å². The van der Waals surface area contributed by atoms with Gasteiger partial charge < -0.3 is 14.2 Å². The maximum atomic E-state index is 15.0. The van der Waals surface area contributed by atoms with E-state index in [0.717, 1.165) is 29.4 Å². The lowest BCUT2D eigenvalue weighted by Crippen LogP contribution is -2.43. The van der Waals surface area contributed by atoms with Gasteiger partial charge in [0.25, 0.3) is 11.5 Å². The van der Waals surface area contributed by atoms with Crippen molar-refractivity contribution in [3.8, 4) is 5.69 Å². The third-order valence-electron chi connectivity index (χ3n) is 12.1. The molecule has 2 atom stereocenters. The van der Waals surface area contributed by atoms with E-state index in [9.17, 15) is 19.2 Å². The van der Waals surface area contributed by atoms with Crippen LogP contribution in [0.25, 0.3) is 16.6 Å². The van der Waals surface area contributed by atoms with Gasteiger partial charge in [0.2, 0.25) is 5.95 Å². The fraction of sp³-hybridized carbons (Fsp3) is 0.333. The Hall–Kier alpha value is -6.28. The van der Waals surface area contributed by atoms with Crippen molar-refractivity contribution >= 4 is 34.5 Å². The summed E-state index contributed by atoms with van der Waals surface area (Å²) in [5.74, 6) is 0.129. The van der Waals surface area contributed by atoms with Crippen molar-refractivity contribution in [1.82, 2.24) is 29.2 Å². The summed E-state index contributed by atoms with van der Waals surface area (Å²) in [7, 11) is 0. The second kappa shape index (κ2) is 13.2. The lowest BCUT2D eigenvalue weighted by Gasteiger charge is -2.31. The smallest absolute Gasteiger partial charge is 0.381 e. The number of carbonyl (C=O) groups is 2. The van der Waals surface area contributed by atoms with Crippen LogP contribution in [0.4, 0.5) is 16.4 Å². The Bertz CT molecular complexity index is 2620. The molecule has 0 radical (unpaired) electrons. The number of hydrogen-bond acceptors (Lipinski definition) is 8. The lowest BCUT2D eigenvalue weighted by atomic mass is 9.91. The van der Waals surface area contributed by atoms with Gasteiger partial charge in [-0.25, -0.2) is 19.1 Å². The molecule has 1 saturated carbocycles. The quantitative estimate of drug-likeness (QED) is 0.234. The number of carbonyl (C=O) groups excluding carboxylic acids is 2. The Balaban J connectivity index is 1.06. The van der Waals surface area contributed by atoms with Gasteiger partial charge in [-0.2, -0.15) is 0 Å². The van der Waals surface area contributed by atoms with Crippen LogP contribution in [0.2, 0.25) is 0 Å². The summed E-state index contributed by atoms with van der Waals surface area (Å²) in [4.78, 5) is 68.5. The van der Waals surface area contributed by atoms with E-state index in [1.807, 2.05) is 71.3 Å². The van der Waals surface area contributed by atoms with E-state index in [1.54, 1.807) is 14.7 Å². The third-order valence-corrected chi connectivity index (χ3v) is 12.1. The van der Waals surface area contributed by atoms with Gasteiger partial charge in [-0.3, -0.25) is 28.9 Å². The molecule has 3 aromatic carbocycles. The van der Waals surface area contributed by atoms with Crippen LogP contribution >= 0.6 is 0 Å². The lowest BCUT2D eigenvalue weighted by molar-refractivity contribution is 0.0717. The Kier molecular flexibility index (Phi) is 8.06. The number of fused-ring (bicyclic) bond motifs is 2. The molecule has 10 rings (SSSR count). The van der Waals surface area contributed by atoms with Crippen LogP contribution in [0.1, 0.15) is 65.2 Å². The minimum Gasteiger partial charge on any atom is -0.381 e. The summed E-state index contributed by atoms with van der Waals surface area (Å²) in [5.41, 5.74) is 3.80. The first-order valence-corrected chi connectivity index (χ1v) is 19.3. The zero-order valence-electron chi connectivity index (χ0n) is 30.9. The topological polar surface area (TPSA) is 152 Å². The molecule has 1 N–H and O–H groups in total. The van der Waals surface area contributed by atoms with Crippen molar-refractivity contribution in [2.75, 3.05) is 42.6 Å². The highest BCUT2D eigenvalue weighted by Crippen LogP contribution is 2.56. The number of hydrogen-bond donors (Lipinski definition) is 1. The number of aromatic amines is 1. The number of rotatable bonds is 7. The molecule has 56 heavy (non-hydrogen) atoms. The number of para-hydroxylation sites is 2. The Morgan fingerprint density at radius 1 is 0.875 bits per heavy atom. The zero-order chi connectivity index (χ0) is 38.1. The number of urea groups is 1. The van der Waals surface area contributed by atoms with E-state index in [0.29, 0.717) is 73.6 Å². The molecule has 3 aliphatic heterocycles. The molecule has 3 aromatic heterocycles. The number of nitrogens with one attached hydrogen (secondary N) is 1. The van der Waals surface area contributed by atoms with Crippen molar-refractivity contribution in [2.45, 2.75) is 50.6 Å². The first-order valence-electron chi connectivity index (χ1n) is 19.3. The number of H-pyrrole nitrogens is 1. The standard InChI is InChI=1S/C42H40N8O6/c1-26-24-42(26,38-44-40(53)56-45-38)50-34-13-12-28(27-15-20-55-21-16-27)22-29(34)23-35(50)37(52)46-17-14-32-33(25-46)43-39(49(36(32)51)31-10-6-3-7-11-31)48-19-18-47(41(48)54)30-8-4-2-5-9-30/h2-13,22-23,26-27H,14-21,24-25H2,1H3,(H,44,45,53)/t26-,42+/m0/s1. The highest BCUT2D eigenvalue weighted by Gasteiger charge is 2.59. The third kappa shape index (κ3) is 5.41. The molecule has 14 nitrogen and oxygen atoms in total. The number of anilines is 2. The monoisotopic (exact) mass is 752 g/mol. The fourth-order valence-electron chi connectivity index (χ4n) is 9.05. The minimum atomic E-state index is -0.789. The molecular formula is C42H40N8O6. The van der Waals surface area contributed by atoms with Gasteiger partial charge in [-0.1, -0.05) is 54.5 Å². The number of ether oxygens (including phenoxy) is 1. The van der Waals surface area contributed by atoms with Gasteiger partial charge in [-0.15, -0.1) is 0 Å². The summed E-state index contributed by atoms with van der Waals surface area (Å²) in [6.07, 6.45) is 2.80. The van der Waals surface area contributed by atoms with Gasteiger partial charge in [0, 0.05) is 55.0 Å². The number of benzene rings is 3. The first-order chi connectivity index (χ1) is 27.3. The van der Waals surface area contributed by atoms with Crippen LogP contribution in [0.15, 0.2) is 99.0 Å². The van der Waals surface area contributed by atoms with Gasteiger partial charge in [0.15, 0.2) is 5.82 Å². The Morgan fingerprint density at radius 3 is 2.29 bits per heavy atom. The zero-order valence-corrected chi connectivity index (χ0v) is 30.9. The van der Waals surface area contributed by atoms with Crippen LogP contribution < -0.4 is 21.1 Å². The molecule has 3 fully saturated rings. The summed E-state index contributed by atoms with van der Waals surface area (Å²) in [6, 6.07) is 26.7. The number of nitrogens with zero attached hydrogens (tertiary/aromatic N) is 7. The van der Waals surface area contributed by atoms with Crippen molar-refractivity contribution in [2.24, 2.45) is 5.92 Å². The minimum absolute atomic E-state index is 0.0526. The molecule has 1 aliphatic carbocycles. The first kappa shape index (κ1) is 34.2. The Labute approximate surface area is 320 Å². The molecule has 4 aliphatic rings. The summed E-state index contributed by atoms with van der Waals surface area (Å²) < 4.78 is 14.2. The fourth-order valence-corrected chi connectivity index (χ4v) is 9.05. The Morgan fingerprint density at radius 2 is 1.59 bits per heavy atom. The summed E-state index contributed by atoms with van der Waals surface area (Å²) >= 11 is 0. The second-order valence-corrected chi connectivity index (χ2v) is 15.3. The molecule has 0 unspecified atom stereocenters. The molecule has 2 saturated heterocycles. The van der Waals surface area contributed by atoms with Gasteiger partial charge >= 0.3 is 11.8 Å². The van der Waals surface area contributed by atoms with Crippen molar-refractivity contribution < 1.29 is 18.8 Å². The normalized spacial score (nSPS) is 21.2. The van der Waals surface area contributed by atoms with Crippen molar-refractivity contribution in [3.63, 3.8) is 0 Å². The van der Waals surface area contributed by atoms with Crippen molar-refractivity contribution in [3.05, 3.63) is 134 Å². The van der Waals surface area contributed by atoms with Crippen LogP contribution in [0.3, 0.4) is 0 Å². The van der Waals surface area contributed by atoms with Crippen LogP contribution in [0, 0.1) is 5.92 Å².